The van der Waals surface area contributed by atoms with E-state index in [4.69, 9.17) is 24.7 Å². The molecule has 294 valence electrons. The molecular formula is C60H39N3. The highest BCUT2D eigenvalue weighted by Gasteiger charge is 2.20. The van der Waals surface area contributed by atoms with Crippen molar-refractivity contribution in [3.8, 4) is 50.4 Å². The van der Waals surface area contributed by atoms with Crippen molar-refractivity contribution >= 4 is 65.4 Å². The van der Waals surface area contributed by atoms with E-state index in [0.717, 1.165) is 0 Å². The summed E-state index contributed by atoms with van der Waals surface area (Å²) in [6.07, 6.45) is 0. The van der Waals surface area contributed by atoms with Crippen LogP contribution in [0.4, 0.5) is 0 Å². The standard InChI is InChI=1S/C60H39N3/c1-3-16-40(17-4-1)42-30-33-58-51(37-42)48-23-8-12-27-55(48)62(58)46-32-35-59-53(39-46)50-25-9-13-28-56(50)61(59)45-21-15-20-44(36-45)47-22-7-11-26-54(47)63-57-29-14-10-24-49(57)52-38-43(31-34-60(52)63)41-18-5-2-6-19-41/h1-39H/i1D,2D,3D,4D,5D,6D,7D,8D,9D,10D,11D,12D,13D,14D,15D,16D,17D,18D,19D,20D,21D,22D,23D,24D,25D,26D,27D,28D,29D,30D,31D,32D,33D,34D,35D,36D,37D,38D,39D. The van der Waals surface area contributed by atoms with Crippen molar-refractivity contribution < 1.29 is 53.5 Å². The van der Waals surface area contributed by atoms with Gasteiger partial charge in [-0.05, 0) is 106 Å². The van der Waals surface area contributed by atoms with Crippen molar-refractivity contribution in [2.45, 2.75) is 0 Å². The fraction of sp³-hybridized carbons (Fsp3) is 0. The van der Waals surface area contributed by atoms with Gasteiger partial charge < -0.3 is 13.7 Å². The highest BCUT2D eigenvalue weighted by molar-refractivity contribution is 6.14. The zero-order valence-corrected chi connectivity index (χ0v) is 31.3. The van der Waals surface area contributed by atoms with Gasteiger partial charge in [0, 0.05) is 49.3 Å². The maximum atomic E-state index is 10.3. The molecular weight excluding hydrogens is 763 g/mol. The number of hydrogen-bond acceptors (Lipinski definition) is 0. The van der Waals surface area contributed by atoms with Gasteiger partial charge in [-0.1, -0.05) is 157 Å². The largest absolute Gasteiger partial charge is 0.309 e. The van der Waals surface area contributed by atoms with Crippen molar-refractivity contribution in [1.82, 2.24) is 13.7 Å². The van der Waals surface area contributed by atoms with Crippen LogP contribution >= 0.6 is 0 Å². The molecule has 0 bridgehead atoms. The minimum atomic E-state index is -1.31. The Morgan fingerprint density at radius 3 is 1.24 bits per heavy atom. The molecule has 0 unspecified atom stereocenters. The summed E-state index contributed by atoms with van der Waals surface area (Å²) in [5, 5.41) is -4.43. The number of hydrogen-bond donors (Lipinski definition) is 0. The van der Waals surface area contributed by atoms with Crippen LogP contribution in [-0.4, -0.2) is 13.7 Å². The summed E-state index contributed by atoms with van der Waals surface area (Å²) in [6.45, 7) is 0. The Morgan fingerprint density at radius 1 is 0.238 bits per heavy atom. The molecule has 0 saturated carbocycles. The van der Waals surface area contributed by atoms with E-state index in [2.05, 4.69) is 0 Å². The molecule has 3 nitrogen and oxygen atoms in total. The van der Waals surface area contributed by atoms with Crippen molar-refractivity contribution in [3.63, 3.8) is 0 Å². The lowest BCUT2D eigenvalue weighted by Crippen LogP contribution is -1.98. The smallest absolute Gasteiger partial charge is 0.0652 e. The lowest BCUT2D eigenvalue weighted by molar-refractivity contribution is 1.16. The predicted molar refractivity (Wildman–Crippen MR) is 266 cm³/mol. The minimum absolute atomic E-state index is 0.559. The van der Waals surface area contributed by atoms with Crippen LogP contribution in [0.5, 0.6) is 0 Å². The van der Waals surface area contributed by atoms with Crippen LogP contribution in [0.2, 0.25) is 0 Å². The second kappa shape index (κ2) is 14.1. The molecule has 10 aromatic carbocycles. The summed E-state index contributed by atoms with van der Waals surface area (Å²) in [6, 6.07) is -41.5. The summed E-state index contributed by atoms with van der Waals surface area (Å²) in [4.78, 5) is 0. The first-order valence-electron chi connectivity index (χ1n) is 38.0. The SMILES string of the molecule is [2H]c1c([2H])c([2H])c(-c2c([2H])c([2H])c3c(c2[2H])c2c([2H])c([2H])c([2H])c([2H])c2n3-c2c([2H])c([2H])c([2H])c([2H])c2-c2c([2H])c([2H])c([2H])c(-n3c4c([2H])c([2H])c([2H])c([2H])c4c4c([2H])c(-n5c6c([2H])c([2H])c([2H])c([2H])c6c6c([2H])c(-c7c([2H])c([2H])c([2H])c([2H])c7[2H])c([2H])c([2H])c65)c([2H])c([2H])c43)c2[2H])c([2H])c1[2H]. The molecule has 0 amide bonds. The van der Waals surface area contributed by atoms with Crippen molar-refractivity contribution in [1.29, 1.82) is 0 Å². The molecule has 3 heterocycles. The molecule has 13 rings (SSSR count). The van der Waals surface area contributed by atoms with Gasteiger partial charge >= 0.3 is 0 Å². The number of nitrogens with zero attached hydrogens (tertiary/aromatic N) is 3. The van der Waals surface area contributed by atoms with Gasteiger partial charge in [0.25, 0.3) is 0 Å². The van der Waals surface area contributed by atoms with Crippen LogP contribution < -0.4 is 0 Å². The molecule has 0 saturated heterocycles. The summed E-state index contributed by atoms with van der Waals surface area (Å²) in [7, 11) is 0. The predicted octanol–water partition coefficient (Wildman–Crippen LogP) is 16.0. The average Bonchev–Trinajstić information content (AvgIpc) is 1.51. The number of aromatic nitrogens is 3. The van der Waals surface area contributed by atoms with E-state index in [9.17, 15) is 28.8 Å². The number of fused-ring (bicyclic) bond motifs is 9. The van der Waals surface area contributed by atoms with Crippen LogP contribution in [0.3, 0.4) is 0 Å². The summed E-state index contributed by atoms with van der Waals surface area (Å²) in [5.41, 5.74) is -13.6. The van der Waals surface area contributed by atoms with Gasteiger partial charge in [0.15, 0.2) is 0 Å². The highest BCUT2D eigenvalue weighted by Crippen LogP contribution is 2.41. The lowest BCUT2D eigenvalue weighted by atomic mass is 10.0. The molecule has 0 aliphatic carbocycles. The number of rotatable bonds is 6. The zero-order valence-electron chi connectivity index (χ0n) is 70.3. The third-order valence-corrected chi connectivity index (χ3v) is 10.2. The first-order valence-corrected chi connectivity index (χ1v) is 18.5. The van der Waals surface area contributed by atoms with E-state index in [1.807, 2.05) is 0 Å². The zero-order chi connectivity index (χ0) is 75.4. The van der Waals surface area contributed by atoms with Gasteiger partial charge in [-0.25, -0.2) is 0 Å². The molecule has 0 N–H and O–H groups in total. The van der Waals surface area contributed by atoms with Gasteiger partial charge in [-0.2, -0.15) is 0 Å². The molecule has 13 aromatic rings. The Labute approximate surface area is 419 Å². The number of para-hydroxylation sites is 4. The molecule has 0 radical (unpaired) electrons. The number of benzene rings is 10. The molecule has 0 atom stereocenters. The minimum Gasteiger partial charge on any atom is -0.309 e. The monoisotopic (exact) mass is 841 g/mol. The second-order valence-corrected chi connectivity index (χ2v) is 13.5. The van der Waals surface area contributed by atoms with Gasteiger partial charge in [0.1, 0.15) is 0 Å². The van der Waals surface area contributed by atoms with Gasteiger partial charge in [0.05, 0.1) is 92.2 Å². The fourth-order valence-corrected chi connectivity index (χ4v) is 7.54. The first kappa shape index (κ1) is 14.1. The van der Waals surface area contributed by atoms with Crippen LogP contribution in [0.25, 0.3) is 116 Å². The summed E-state index contributed by atoms with van der Waals surface area (Å²) in [5.74, 6) is 0. The van der Waals surface area contributed by atoms with Crippen LogP contribution in [0, 0.1) is 0 Å². The lowest BCUT2D eigenvalue weighted by Gasteiger charge is -2.16. The van der Waals surface area contributed by atoms with E-state index in [1.165, 1.54) is 0 Å². The molecule has 3 heteroatoms. The summed E-state index contributed by atoms with van der Waals surface area (Å²) >= 11 is 0. The molecule has 0 fully saturated rings. The Morgan fingerprint density at radius 2 is 0.651 bits per heavy atom. The molecule has 63 heavy (non-hydrogen) atoms. The van der Waals surface area contributed by atoms with Crippen LogP contribution in [0.1, 0.15) is 53.5 Å². The van der Waals surface area contributed by atoms with Gasteiger partial charge in [-0.3, -0.25) is 0 Å². The fourth-order valence-electron chi connectivity index (χ4n) is 7.54. The first-order chi connectivity index (χ1) is 47.5. The second-order valence-electron chi connectivity index (χ2n) is 13.5. The quantitative estimate of drug-likeness (QED) is 0.158. The van der Waals surface area contributed by atoms with E-state index < -0.39 is 352 Å². The summed E-state index contributed by atoms with van der Waals surface area (Å²) < 4.78 is 361. The van der Waals surface area contributed by atoms with Crippen molar-refractivity contribution in [2.24, 2.45) is 0 Å². The van der Waals surface area contributed by atoms with Gasteiger partial charge in [0.2, 0.25) is 0 Å². The third-order valence-electron chi connectivity index (χ3n) is 10.2. The van der Waals surface area contributed by atoms with Crippen LogP contribution in [-0.2, 0) is 0 Å². The van der Waals surface area contributed by atoms with Crippen molar-refractivity contribution in [3.05, 3.63) is 236 Å². The maximum Gasteiger partial charge on any atom is 0.0652 e. The molecule has 0 spiro atoms. The molecule has 0 aliphatic heterocycles. The topological polar surface area (TPSA) is 14.8 Å². The Kier molecular flexibility index (Phi) is 3.15. The van der Waals surface area contributed by atoms with Crippen molar-refractivity contribution in [2.75, 3.05) is 0 Å². The Hall–Kier alpha value is -8.40. The van der Waals surface area contributed by atoms with E-state index >= 15 is 0 Å². The highest BCUT2D eigenvalue weighted by atomic mass is 15.0. The average molecular weight is 841 g/mol. The molecule has 3 aromatic heterocycles. The molecule has 0 aliphatic rings. The maximum absolute atomic E-state index is 10.3. The van der Waals surface area contributed by atoms with E-state index in [-0.39, 0.29) is 0 Å². The van der Waals surface area contributed by atoms with E-state index in [0.29, 0.717) is 13.7 Å². The third kappa shape index (κ3) is 5.53. The van der Waals surface area contributed by atoms with E-state index in [1.54, 1.807) is 0 Å². The van der Waals surface area contributed by atoms with Crippen LogP contribution in [0.15, 0.2) is 236 Å². The Bertz CT molecular complexity index is 6180. The van der Waals surface area contributed by atoms with Gasteiger partial charge in [-0.15, -0.1) is 0 Å². The normalized spacial score (nSPS) is 20.5. The Balaban J connectivity index is 1.21.